The summed E-state index contributed by atoms with van der Waals surface area (Å²) in [6.45, 7) is 6.01. The zero-order valence-electron chi connectivity index (χ0n) is 17.0. The predicted octanol–water partition coefficient (Wildman–Crippen LogP) is 4.59. The van der Waals surface area contributed by atoms with Crippen molar-refractivity contribution in [2.45, 2.75) is 46.2 Å². The molecule has 0 spiro atoms. The van der Waals surface area contributed by atoms with Gasteiger partial charge in [0.25, 0.3) is 0 Å². The van der Waals surface area contributed by atoms with E-state index in [1.54, 1.807) is 6.92 Å². The summed E-state index contributed by atoms with van der Waals surface area (Å²) < 4.78 is 25.9. The number of anilines is 1. The van der Waals surface area contributed by atoms with Crippen LogP contribution in [0, 0.1) is 0 Å². The van der Waals surface area contributed by atoms with Gasteiger partial charge in [-0.2, -0.15) is 0 Å². The lowest BCUT2D eigenvalue weighted by atomic mass is 10.0. The number of hydrogen-bond donors (Lipinski definition) is 1. The number of hydrogen-bond acceptors (Lipinski definition) is 3. The minimum Gasteiger partial charge on any atom is -0.350 e. The standard InChI is InChI=1S/C21H26Cl2N2O3S/c1-5-15-7-8-16(6-2)17(11-15)13-24-21(26)14(3)25(29(4,27)28)18-9-10-19(22)20(23)12-18/h7-12,14H,5-6,13H2,1-4H3,(H,24,26). The number of nitrogens with zero attached hydrogens (tertiary/aromatic N) is 1. The first-order valence-electron chi connectivity index (χ1n) is 9.41. The first-order chi connectivity index (χ1) is 13.6. The van der Waals surface area contributed by atoms with Crippen LogP contribution < -0.4 is 9.62 Å². The summed E-state index contributed by atoms with van der Waals surface area (Å²) in [6, 6.07) is 9.75. The summed E-state index contributed by atoms with van der Waals surface area (Å²) in [5.74, 6) is -0.398. The SMILES string of the molecule is CCc1ccc(CC)c(CNC(=O)C(C)N(c2ccc(Cl)c(Cl)c2)S(C)(=O)=O)c1. The summed E-state index contributed by atoms with van der Waals surface area (Å²) in [7, 11) is -3.73. The summed E-state index contributed by atoms with van der Waals surface area (Å²) in [5.41, 5.74) is 3.66. The lowest BCUT2D eigenvalue weighted by molar-refractivity contribution is -0.122. The van der Waals surface area contributed by atoms with Gasteiger partial charge in [0.1, 0.15) is 6.04 Å². The highest BCUT2D eigenvalue weighted by molar-refractivity contribution is 7.92. The highest BCUT2D eigenvalue weighted by Crippen LogP contribution is 2.29. The van der Waals surface area contributed by atoms with E-state index in [2.05, 4.69) is 37.4 Å². The Morgan fingerprint density at radius 3 is 2.28 bits per heavy atom. The Morgan fingerprint density at radius 2 is 1.72 bits per heavy atom. The average Bonchev–Trinajstić information content (AvgIpc) is 2.67. The number of sulfonamides is 1. The van der Waals surface area contributed by atoms with Crippen molar-refractivity contribution in [2.24, 2.45) is 0 Å². The minimum atomic E-state index is -3.73. The Hall–Kier alpha value is -1.76. The third-order valence-corrected chi connectivity index (χ3v) is 6.74. The second-order valence-corrected chi connectivity index (χ2v) is 9.54. The third kappa shape index (κ3) is 5.87. The van der Waals surface area contributed by atoms with E-state index in [-0.39, 0.29) is 10.7 Å². The molecule has 5 nitrogen and oxygen atoms in total. The Morgan fingerprint density at radius 1 is 1.03 bits per heavy atom. The molecule has 0 aliphatic heterocycles. The molecule has 29 heavy (non-hydrogen) atoms. The van der Waals surface area contributed by atoms with Crippen LogP contribution in [0.5, 0.6) is 0 Å². The van der Waals surface area contributed by atoms with E-state index in [0.717, 1.165) is 34.5 Å². The van der Waals surface area contributed by atoms with Crippen molar-refractivity contribution in [3.63, 3.8) is 0 Å². The van der Waals surface area contributed by atoms with Crippen LogP contribution in [0.3, 0.4) is 0 Å². The topological polar surface area (TPSA) is 66.5 Å². The normalized spacial score (nSPS) is 12.5. The number of benzene rings is 2. The quantitative estimate of drug-likeness (QED) is 0.631. The Labute approximate surface area is 183 Å². The van der Waals surface area contributed by atoms with E-state index in [1.807, 2.05) is 0 Å². The second-order valence-electron chi connectivity index (χ2n) is 6.86. The van der Waals surface area contributed by atoms with Crippen LogP contribution in [0.4, 0.5) is 5.69 Å². The zero-order chi connectivity index (χ0) is 21.8. The molecule has 1 amide bonds. The molecule has 2 aromatic carbocycles. The summed E-state index contributed by atoms with van der Waals surface area (Å²) >= 11 is 12.0. The molecule has 0 heterocycles. The molecule has 1 unspecified atom stereocenters. The van der Waals surface area contributed by atoms with Crippen LogP contribution in [0.2, 0.25) is 10.0 Å². The minimum absolute atomic E-state index is 0.217. The number of amides is 1. The van der Waals surface area contributed by atoms with E-state index >= 15 is 0 Å². The van der Waals surface area contributed by atoms with Gasteiger partial charge in [-0.25, -0.2) is 8.42 Å². The summed E-state index contributed by atoms with van der Waals surface area (Å²) in [6.07, 6.45) is 2.81. The molecule has 2 aromatic rings. The molecule has 2 rings (SSSR count). The van der Waals surface area contributed by atoms with Crippen molar-refractivity contribution in [2.75, 3.05) is 10.6 Å². The van der Waals surface area contributed by atoms with Crippen molar-refractivity contribution in [3.8, 4) is 0 Å². The van der Waals surface area contributed by atoms with Gasteiger partial charge in [-0.3, -0.25) is 9.10 Å². The van der Waals surface area contributed by atoms with Gasteiger partial charge in [0.2, 0.25) is 15.9 Å². The van der Waals surface area contributed by atoms with Crippen LogP contribution in [0.25, 0.3) is 0 Å². The third-order valence-electron chi connectivity index (χ3n) is 4.76. The van der Waals surface area contributed by atoms with Crippen molar-refractivity contribution < 1.29 is 13.2 Å². The number of nitrogens with one attached hydrogen (secondary N) is 1. The molecule has 0 saturated carbocycles. The smallest absolute Gasteiger partial charge is 0.243 e. The molecule has 0 aromatic heterocycles. The molecule has 0 saturated heterocycles. The van der Waals surface area contributed by atoms with Crippen molar-refractivity contribution in [1.82, 2.24) is 5.32 Å². The van der Waals surface area contributed by atoms with E-state index in [1.165, 1.54) is 23.8 Å². The molecule has 8 heteroatoms. The van der Waals surface area contributed by atoms with Gasteiger partial charge in [0.05, 0.1) is 22.0 Å². The van der Waals surface area contributed by atoms with Crippen LogP contribution in [-0.2, 0) is 34.2 Å². The molecule has 1 N–H and O–H groups in total. The number of carbonyl (C=O) groups excluding carboxylic acids is 1. The average molecular weight is 457 g/mol. The van der Waals surface area contributed by atoms with Crippen molar-refractivity contribution in [3.05, 3.63) is 63.1 Å². The van der Waals surface area contributed by atoms with E-state index in [9.17, 15) is 13.2 Å². The van der Waals surface area contributed by atoms with Crippen LogP contribution >= 0.6 is 23.2 Å². The zero-order valence-corrected chi connectivity index (χ0v) is 19.3. The second kappa shape index (κ2) is 9.83. The monoisotopic (exact) mass is 456 g/mol. The molecule has 0 aliphatic rings. The van der Waals surface area contributed by atoms with Crippen molar-refractivity contribution >= 4 is 44.8 Å². The van der Waals surface area contributed by atoms with Crippen LogP contribution in [0.1, 0.15) is 37.5 Å². The highest BCUT2D eigenvalue weighted by atomic mass is 35.5. The van der Waals surface area contributed by atoms with Crippen LogP contribution in [-0.4, -0.2) is 26.6 Å². The molecule has 0 aliphatic carbocycles. The molecular formula is C21H26Cl2N2O3S. The Kier molecular flexibility index (Phi) is 7.97. The number of rotatable bonds is 8. The molecule has 0 fully saturated rings. The Balaban J connectivity index is 2.25. The summed E-state index contributed by atoms with van der Waals surface area (Å²) in [5, 5.41) is 3.40. The fourth-order valence-corrected chi connectivity index (χ4v) is 4.63. The lowest BCUT2D eigenvalue weighted by Crippen LogP contribution is -2.47. The maximum atomic E-state index is 12.8. The molecular weight excluding hydrogens is 431 g/mol. The number of carbonyl (C=O) groups is 1. The number of halogens is 2. The first kappa shape index (κ1) is 23.5. The van der Waals surface area contributed by atoms with Gasteiger partial charge >= 0.3 is 0 Å². The van der Waals surface area contributed by atoms with E-state index < -0.39 is 22.0 Å². The lowest BCUT2D eigenvalue weighted by Gasteiger charge is -2.28. The van der Waals surface area contributed by atoms with Gasteiger partial charge in [-0.1, -0.05) is 55.2 Å². The predicted molar refractivity (Wildman–Crippen MR) is 120 cm³/mol. The molecule has 0 bridgehead atoms. The fraction of sp³-hybridized carbons (Fsp3) is 0.381. The van der Waals surface area contributed by atoms with Crippen LogP contribution in [0.15, 0.2) is 36.4 Å². The van der Waals surface area contributed by atoms with Gasteiger partial charge in [-0.05, 0) is 54.7 Å². The first-order valence-corrected chi connectivity index (χ1v) is 12.0. The van der Waals surface area contributed by atoms with E-state index in [4.69, 9.17) is 23.2 Å². The van der Waals surface area contributed by atoms with Gasteiger partial charge in [0, 0.05) is 6.54 Å². The molecule has 158 valence electrons. The fourth-order valence-electron chi connectivity index (χ4n) is 3.17. The van der Waals surface area contributed by atoms with Crippen molar-refractivity contribution in [1.29, 1.82) is 0 Å². The maximum absolute atomic E-state index is 12.8. The van der Waals surface area contributed by atoms with Gasteiger partial charge in [0.15, 0.2) is 0 Å². The largest absolute Gasteiger partial charge is 0.350 e. The van der Waals surface area contributed by atoms with Gasteiger partial charge < -0.3 is 5.32 Å². The Bertz CT molecular complexity index is 993. The highest BCUT2D eigenvalue weighted by Gasteiger charge is 2.29. The molecule has 0 radical (unpaired) electrons. The maximum Gasteiger partial charge on any atom is 0.243 e. The number of aryl methyl sites for hydroxylation is 2. The van der Waals surface area contributed by atoms with E-state index in [0.29, 0.717) is 11.6 Å². The molecule has 1 atom stereocenters. The van der Waals surface area contributed by atoms with Gasteiger partial charge in [-0.15, -0.1) is 0 Å². The summed E-state index contributed by atoms with van der Waals surface area (Å²) in [4.78, 5) is 12.8.